The largest absolute Gasteiger partial charge is 0.351 e. The van der Waals surface area contributed by atoms with Crippen molar-refractivity contribution in [3.05, 3.63) is 21.4 Å². The van der Waals surface area contributed by atoms with E-state index in [0.29, 0.717) is 0 Å². The van der Waals surface area contributed by atoms with Crippen molar-refractivity contribution in [2.45, 2.75) is 26.7 Å². The molecule has 0 bridgehead atoms. The molecule has 4 heteroatoms. The predicted octanol–water partition coefficient (Wildman–Crippen LogP) is 2.30. The first-order valence-electron chi connectivity index (χ1n) is 6.06. The molecule has 0 atom stereocenters. The van der Waals surface area contributed by atoms with Crippen LogP contribution in [-0.2, 0) is 6.42 Å². The molecule has 1 rings (SSSR count). The van der Waals surface area contributed by atoms with Crippen LogP contribution in [-0.4, -0.2) is 38.0 Å². The molecule has 1 aromatic rings. The summed E-state index contributed by atoms with van der Waals surface area (Å²) in [6.45, 7) is 5.94. The standard InChI is InChI=1S/C13H22N2OS/c1-5-11-9-12(17-10(11)2)13(16)14-7-6-8-15(3)4/h9H,5-8H2,1-4H3,(H,14,16). The van der Waals surface area contributed by atoms with Crippen molar-refractivity contribution in [2.75, 3.05) is 27.2 Å². The van der Waals surface area contributed by atoms with E-state index in [1.807, 2.05) is 20.2 Å². The third-order valence-corrected chi connectivity index (χ3v) is 3.78. The van der Waals surface area contributed by atoms with Crippen LogP contribution in [0.1, 0.15) is 33.5 Å². The zero-order chi connectivity index (χ0) is 12.8. The topological polar surface area (TPSA) is 32.3 Å². The molecule has 17 heavy (non-hydrogen) atoms. The van der Waals surface area contributed by atoms with Gasteiger partial charge in [-0.3, -0.25) is 4.79 Å². The lowest BCUT2D eigenvalue weighted by atomic mass is 10.2. The SMILES string of the molecule is CCc1cc(C(=O)NCCCN(C)C)sc1C. The second kappa shape index (κ2) is 6.77. The van der Waals surface area contributed by atoms with Crippen LogP contribution in [0.15, 0.2) is 6.07 Å². The van der Waals surface area contributed by atoms with Crippen molar-refractivity contribution >= 4 is 17.2 Å². The van der Waals surface area contributed by atoms with Gasteiger partial charge in [-0.05, 0) is 52.0 Å². The van der Waals surface area contributed by atoms with Crippen molar-refractivity contribution in [3.63, 3.8) is 0 Å². The van der Waals surface area contributed by atoms with Crippen LogP contribution in [0.3, 0.4) is 0 Å². The summed E-state index contributed by atoms with van der Waals surface area (Å²) in [6.07, 6.45) is 1.99. The number of rotatable bonds is 6. The highest BCUT2D eigenvalue weighted by atomic mass is 32.1. The lowest BCUT2D eigenvalue weighted by Crippen LogP contribution is -2.26. The van der Waals surface area contributed by atoms with Gasteiger partial charge in [0.15, 0.2) is 0 Å². The lowest BCUT2D eigenvalue weighted by Gasteiger charge is -2.09. The Balaban J connectivity index is 2.41. The fraction of sp³-hybridized carbons (Fsp3) is 0.615. The number of hydrogen-bond acceptors (Lipinski definition) is 3. The maximum atomic E-state index is 11.9. The van der Waals surface area contributed by atoms with Crippen LogP contribution < -0.4 is 5.32 Å². The number of carbonyl (C=O) groups excluding carboxylic acids is 1. The Kier molecular flexibility index (Phi) is 5.65. The maximum Gasteiger partial charge on any atom is 0.261 e. The highest BCUT2D eigenvalue weighted by Gasteiger charge is 2.10. The van der Waals surface area contributed by atoms with Gasteiger partial charge in [0.1, 0.15) is 0 Å². The summed E-state index contributed by atoms with van der Waals surface area (Å²) in [6, 6.07) is 2.02. The lowest BCUT2D eigenvalue weighted by molar-refractivity contribution is 0.0956. The van der Waals surface area contributed by atoms with Gasteiger partial charge in [0, 0.05) is 11.4 Å². The fourth-order valence-electron chi connectivity index (χ4n) is 1.67. The van der Waals surface area contributed by atoms with Crippen LogP contribution in [0.4, 0.5) is 0 Å². The molecule has 1 heterocycles. The van der Waals surface area contributed by atoms with Crippen LogP contribution in [0, 0.1) is 6.92 Å². The molecule has 1 amide bonds. The molecule has 1 N–H and O–H groups in total. The van der Waals surface area contributed by atoms with E-state index in [1.54, 1.807) is 11.3 Å². The van der Waals surface area contributed by atoms with Crippen molar-refractivity contribution in [1.29, 1.82) is 0 Å². The third kappa shape index (κ3) is 4.48. The quantitative estimate of drug-likeness (QED) is 0.790. The molecule has 0 aromatic carbocycles. The minimum absolute atomic E-state index is 0.0663. The first-order valence-corrected chi connectivity index (χ1v) is 6.88. The van der Waals surface area contributed by atoms with E-state index in [1.165, 1.54) is 10.4 Å². The van der Waals surface area contributed by atoms with Gasteiger partial charge in [-0.2, -0.15) is 0 Å². The summed E-state index contributed by atoms with van der Waals surface area (Å²) >= 11 is 1.59. The van der Waals surface area contributed by atoms with Crippen molar-refractivity contribution in [1.82, 2.24) is 10.2 Å². The molecule has 0 saturated heterocycles. The van der Waals surface area contributed by atoms with Gasteiger partial charge in [0.05, 0.1) is 4.88 Å². The summed E-state index contributed by atoms with van der Waals surface area (Å²) < 4.78 is 0. The molecular weight excluding hydrogens is 232 g/mol. The number of amides is 1. The zero-order valence-electron chi connectivity index (χ0n) is 11.2. The fourth-order valence-corrected chi connectivity index (χ4v) is 2.70. The summed E-state index contributed by atoms with van der Waals surface area (Å²) in [5.74, 6) is 0.0663. The normalized spacial score (nSPS) is 10.9. The minimum Gasteiger partial charge on any atom is -0.351 e. The molecule has 1 aromatic heterocycles. The van der Waals surface area contributed by atoms with Crippen molar-refractivity contribution < 1.29 is 4.79 Å². The molecule has 0 unspecified atom stereocenters. The first-order chi connectivity index (χ1) is 8.04. The Morgan fingerprint density at radius 1 is 1.47 bits per heavy atom. The molecule has 96 valence electrons. The molecular formula is C13H22N2OS. The van der Waals surface area contributed by atoms with E-state index < -0.39 is 0 Å². The summed E-state index contributed by atoms with van der Waals surface area (Å²) in [5, 5.41) is 2.96. The van der Waals surface area contributed by atoms with Gasteiger partial charge >= 0.3 is 0 Å². The monoisotopic (exact) mass is 254 g/mol. The summed E-state index contributed by atoms with van der Waals surface area (Å²) in [4.78, 5) is 16.1. The second-order valence-corrected chi connectivity index (χ2v) is 5.71. The van der Waals surface area contributed by atoms with Gasteiger partial charge in [0.2, 0.25) is 0 Å². The molecule has 0 aliphatic carbocycles. The Morgan fingerprint density at radius 2 is 2.18 bits per heavy atom. The summed E-state index contributed by atoms with van der Waals surface area (Å²) in [5.41, 5.74) is 1.29. The minimum atomic E-state index is 0.0663. The van der Waals surface area contributed by atoms with Crippen LogP contribution >= 0.6 is 11.3 Å². The number of thiophene rings is 1. The average Bonchev–Trinajstić information content (AvgIpc) is 2.65. The molecule has 0 fully saturated rings. The Bertz CT molecular complexity index is 371. The smallest absolute Gasteiger partial charge is 0.261 e. The van der Waals surface area contributed by atoms with E-state index in [9.17, 15) is 4.79 Å². The Hall–Kier alpha value is -0.870. The molecule has 0 aliphatic rings. The number of nitrogens with one attached hydrogen (secondary N) is 1. The molecule has 0 spiro atoms. The molecule has 0 saturated carbocycles. The molecule has 0 aliphatic heterocycles. The second-order valence-electron chi connectivity index (χ2n) is 4.46. The van der Waals surface area contributed by atoms with Crippen molar-refractivity contribution in [2.24, 2.45) is 0 Å². The maximum absolute atomic E-state index is 11.9. The van der Waals surface area contributed by atoms with Gasteiger partial charge in [-0.25, -0.2) is 0 Å². The van der Waals surface area contributed by atoms with Crippen LogP contribution in [0.5, 0.6) is 0 Å². The zero-order valence-corrected chi connectivity index (χ0v) is 12.0. The van der Waals surface area contributed by atoms with Gasteiger partial charge < -0.3 is 10.2 Å². The van der Waals surface area contributed by atoms with Gasteiger partial charge in [0.25, 0.3) is 5.91 Å². The number of hydrogen-bond donors (Lipinski definition) is 1. The van der Waals surface area contributed by atoms with E-state index in [4.69, 9.17) is 0 Å². The number of nitrogens with zero attached hydrogens (tertiary/aromatic N) is 1. The number of carbonyl (C=O) groups is 1. The van der Waals surface area contributed by atoms with Crippen LogP contribution in [0.2, 0.25) is 0 Å². The van der Waals surface area contributed by atoms with Crippen molar-refractivity contribution in [3.8, 4) is 0 Å². The Labute approximate surface area is 108 Å². The average molecular weight is 254 g/mol. The first kappa shape index (κ1) is 14.2. The van der Waals surface area contributed by atoms with Gasteiger partial charge in [-0.15, -0.1) is 11.3 Å². The van der Waals surface area contributed by atoms with E-state index >= 15 is 0 Å². The van der Waals surface area contributed by atoms with Crippen LogP contribution in [0.25, 0.3) is 0 Å². The van der Waals surface area contributed by atoms with E-state index in [-0.39, 0.29) is 5.91 Å². The molecule has 0 radical (unpaired) electrons. The Morgan fingerprint density at radius 3 is 2.71 bits per heavy atom. The highest BCUT2D eigenvalue weighted by Crippen LogP contribution is 2.21. The predicted molar refractivity (Wildman–Crippen MR) is 73.9 cm³/mol. The number of aryl methyl sites for hydroxylation is 2. The highest BCUT2D eigenvalue weighted by molar-refractivity contribution is 7.14. The van der Waals surface area contributed by atoms with E-state index in [2.05, 4.69) is 24.1 Å². The van der Waals surface area contributed by atoms with Gasteiger partial charge in [-0.1, -0.05) is 6.92 Å². The third-order valence-electron chi connectivity index (χ3n) is 2.69. The molecule has 3 nitrogen and oxygen atoms in total. The summed E-state index contributed by atoms with van der Waals surface area (Å²) in [7, 11) is 4.08. The van der Waals surface area contributed by atoms with E-state index in [0.717, 1.165) is 30.8 Å².